The molecule has 0 radical (unpaired) electrons. The molecular formula is C15H32N4O6. The molecular weight excluding hydrogens is 332 g/mol. The zero-order chi connectivity index (χ0) is 19.8. The van der Waals surface area contributed by atoms with Gasteiger partial charge < -0.3 is 15.2 Å². The van der Waals surface area contributed by atoms with E-state index >= 15 is 0 Å². The van der Waals surface area contributed by atoms with Crippen LogP contribution in [0, 0.1) is 0 Å². The van der Waals surface area contributed by atoms with E-state index in [-0.39, 0.29) is 30.2 Å². The van der Waals surface area contributed by atoms with Crippen molar-refractivity contribution in [2.45, 2.75) is 31.7 Å². The Morgan fingerprint density at radius 1 is 1.32 bits per heavy atom. The zero-order valence-corrected chi connectivity index (χ0v) is 16.4. The number of nitrogens with one attached hydrogen (secondary N) is 1. The van der Waals surface area contributed by atoms with E-state index in [4.69, 9.17) is 14.7 Å². The molecule has 1 aliphatic heterocycles. The van der Waals surface area contributed by atoms with Crippen molar-refractivity contribution >= 4 is 11.8 Å². The maximum Gasteiger partial charge on any atom is 0.265 e. The fourth-order valence-corrected chi connectivity index (χ4v) is 2.01. The van der Waals surface area contributed by atoms with E-state index in [1.54, 1.807) is 14.1 Å². The van der Waals surface area contributed by atoms with Gasteiger partial charge in [0.25, 0.3) is 11.8 Å². The van der Waals surface area contributed by atoms with Gasteiger partial charge in [-0.25, -0.2) is 10.1 Å². The summed E-state index contributed by atoms with van der Waals surface area (Å²) in [4.78, 5) is 34.2. The molecule has 0 spiro atoms. The predicted octanol–water partition coefficient (Wildman–Crippen LogP) is -1.34. The number of hydrogen-bond acceptors (Lipinski definition) is 8. The highest BCUT2D eigenvalue weighted by Crippen LogP contribution is 2.25. The lowest BCUT2D eigenvalue weighted by molar-refractivity contribution is -0.173. The van der Waals surface area contributed by atoms with Crippen molar-refractivity contribution < 1.29 is 29.1 Å². The third kappa shape index (κ3) is 6.49. The fraction of sp³-hybridized carbons (Fsp3) is 0.867. The lowest BCUT2D eigenvalue weighted by atomic mass is 10.2. The summed E-state index contributed by atoms with van der Waals surface area (Å²) in [6.45, 7) is 4.05. The Morgan fingerprint density at radius 2 is 1.84 bits per heavy atom. The van der Waals surface area contributed by atoms with E-state index in [1.807, 2.05) is 25.8 Å². The molecule has 2 unspecified atom stereocenters. The molecule has 0 aromatic carbocycles. The number of hydroxylamine groups is 4. The Morgan fingerprint density at radius 3 is 2.16 bits per heavy atom. The minimum absolute atomic E-state index is 0.0828. The molecule has 148 valence electrons. The number of amides is 2. The van der Waals surface area contributed by atoms with Crippen molar-refractivity contribution in [1.29, 1.82) is 0 Å². The zero-order valence-electron chi connectivity index (χ0n) is 16.4. The standard InChI is InChI=1S/C9H18N2O3.C6H14N2O3/c1-9(2)10(3)7(6-14-9)8(12)11(4)13-5;1-7-5(4-9)6(10)8(2)11-3/h7H,6H2,1-5H3;5,7,9H,4H2,1-3H3. The van der Waals surface area contributed by atoms with Crippen molar-refractivity contribution in [3.8, 4) is 0 Å². The van der Waals surface area contributed by atoms with Gasteiger partial charge in [0, 0.05) is 14.1 Å². The molecule has 1 heterocycles. The first-order valence-corrected chi connectivity index (χ1v) is 7.85. The highest BCUT2D eigenvalue weighted by Gasteiger charge is 2.42. The average Bonchev–Trinajstić information content (AvgIpc) is 2.87. The molecule has 10 nitrogen and oxygen atoms in total. The summed E-state index contributed by atoms with van der Waals surface area (Å²) in [6.07, 6.45) is 0. The van der Waals surface area contributed by atoms with Crippen molar-refractivity contribution in [3.63, 3.8) is 0 Å². The second-order valence-corrected chi connectivity index (χ2v) is 5.94. The minimum Gasteiger partial charge on any atom is -0.394 e. The van der Waals surface area contributed by atoms with Crippen LogP contribution in [0.2, 0.25) is 0 Å². The summed E-state index contributed by atoms with van der Waals surface area (Å²) in [5, 5.41) is 13.6. The number of likely N-dealkylation sites (N-methyl/N-ethyl adjacent to an activating group) is 4. The highest BCUT2D eigenvalue weighted by atomic mass is 16.7. The molecule has 0 bridgehead atoms. The third-order valence-electron chi connectivity index (χ3n) is 4.19. The maximum absolute atomic E-state index is 11.8. The van der Waals surface area contributed by atoms with Gasteiger partial charge >= 0.3 is 0 Å². The Hall–Kier alpha value is -1.30. The van der Waals surface area contributed by atoms with Crippen LogP contribution in [0.4, 0.5) is 0 Å². The summed E-state index contributed by atoms with van der Waals surface area (Å²) in [5.41, 5.74) is -0.380. The van der Waals surface area contributed by atoms with Gasteiger partial charge in [-0.2, -0.15) is 0 Å². The second-order valence-electron chi connectivity index (χ2n) is 5.94. The molecule has 1 saturated heterocycles. The number of aliphatic hydroxyl groups is 1. The van der Waals surface area contributed by atoms with Gasteiger partial charge in [0.2, 0.25) is 0 Å². The average molecular weight is 364 g/mol. The Balaban J connectivity index is 0.000000477. The van der Waals surface area contributed by atoms with Crippen LogP contribution in [0.15, 0.2) is 0 Å². The summed E-state index contributed by atoms with van der Waals surface area (Å²) in [6, 6.07) is -0.838. The summed E-state index contributed by atoms with van der Waals surface area (Å²) < 4.78 is 5.50. The Kier molecular flexibility index (Phi) is 10.1. The SMILES string of the molecule is CNC(CO)C(=O)N(C)OC.CON(C)C(=O)C1COC(C)(C)N1C. The van der Waals surface area contributed by atoms with Gasteiger partial charge in [0.05, 0.1) is 27.4 Å². The van der Waals surface area contributed by atoms with E-state index in [2.05, 4.69) is 10.2 Å². The normalized spacial score (nSPS) is 20.4. The first-order valence-electron chi connectivity index (χ1n) is 7.85. The monoisotopic (exact) mass is 364 g/mol. The summed E-state index contributed by atoms with van der Waals surface area (Å²) >= 11 is 0. The largest absolute Gasteiger partial charge is 0.394 e. The Bertz CT molecular complexity index is 430. The number of aliphatic hydroxyl groups excluding tert-OH is 1. The van der Waals surface area contributed by atoms with Gasteiger partial charge in [0.1, 0.15) is 17.8 Å². The molecule has 2 atom stereocenters. The fourth-order valence-electron chi connectivity index (χ4n) is 2.01. The van der Waals surface area contributed by atoms with Gasteiger partial charge in [-0.15, -0.1) is 0 Å². The number of ether oxygens (including phenoxy) is 1. The van der Waals surface area contributed by atoms with Gasteiger partial charge in [-0.3, -0.25) is 24.2 Å². The van der Waals surface area contributed by atoms with Crippen molar-refractivity contribution in [2.75, 3.05) is 55.6 Å². The van der Waals surface area contributed by atoms with E-state index in [0.29, 0.717) is 6.61 Å². The van der Waals surface area contributed by atoms with E-state index < -0.39 is 6.04 Å². The van der Waals surface area contributed by atoms with Crippen LogP contribution in [-0.4, -0.2) is 105 Å². The van der Waals surface area contributed by atoms with Crippen LogP contribution in [0.1, 0.15) is 13.8 Å². The van der Waals surface area contributed by atoms with Gasteiger partial charge in [-0.1, -0.05) is 0 Å². The first kappa shape index (κ1) is 23.7. The predicted molar refractivity (Wildman–Crippen MR) is 91.1 cm³/mol. The van der Waals surface area contributed by atoms with Crippen molar-refractivity contribution in [2.24, 2.45) is 0 Å². The highest BCUT2D eigenvalue weighted by molar-refractivity contribution is 5.81. The maximum atomic E-state index is 11.8. The van der Waals surface area contributed by atoms with Crippen LogP contribution < -0.4 is 5.32 Å². The second kappa shape index (κ2) is 10.6. The number of rotatable bonds is 6. The van der Waals surface area contributed by atoms with Crippen molar-refractivity contribution in [1.82, 2.24) is 20.3 Å². The topological polar surface area (TPSA) is 104 Å². The summed E-state index contributed by atoms with van der Waals surface area (Å²) in [5.74, 6) is -0.377. The number of carbonyl (C=O) groups is 2. The molecule has 1 aliphatic rings. The minimum atomic E-state index is -0.583. The molecule has 0 aromatic heterocycles. The van der Waals surface area contributed by atoms with E-state index in [9.17, 15) is 9.59 Å². The number of nitrogens with zero attached hydrogens (tertiary/aromatic N) is 3. The molecule has 1 fully saturated rings. The van der Waals surface area contributed by atoms with Crippen molar-refractivity contribution in [3.05, 3.63) is 0 Å². The molecule has 2 N–H and O–H groups in total. The smallest absolute Gasteiger partial charge is 0.265 e. The lowest BCUT2D eigenvalue weighted by Gasteiger charge is -2.29. The van der Waals surface area contributed by atoms with Crippen LogP contribution in [0.5, 0.6) is 0 Å². The molecule has 0 aromatic rings. The van der Waals surface area contributed by atoms with Crippen LogP contribution in [-0.2, 0) is 24.0 Å². The lowest BCUT2D eigenvalue weighted by Crippen LogP contribution is -2.48. The van der Waals surface area contributed by atoms with Crippen LogP contribution >= 0.6 is 0 Å². The molecule has 1 rings (SSSR count). The molecule has 25 heavy (non-hydrogen) atoms. The first-order chi connectivity index (χ1) is 11.6. The van der Waals surface area contributed by atoms with Gasteiger partial charge in [-0.05, 0) is 27.9 Å². The molecule has 2 amide bonds. The number of carbonyl (C=O) groups excluding carboxylic acids is 2. The quantitative estimate of drug-likeness (QED) is 0.558. The summed E-state index contributed by atoms with van der Waals surface area (Å²) in [7, 11) is 9.42. The molecule has 0 saturated carbocycles. The van der Waals surface area contributed by atoms with E-state index in [0.717, 1.165) is 5.06 Å². The van der Waals surface area contributed by atoms with Crippen LogP contribution in [0.25, 0.3) is 0 Å². The molecule has 0 aliphatic carbocycles. The van der Waals surface area contributed by atoms with E-state index in [1.165, 1.54) is 26.3 Å². The van der Waals surface area contributed by atoms with Gasteiger partial charge in [0.15, 0.2) is 0 Å². The number of hydrogen-bond donors (Lipinski definition) is 2. The van der Waals surface area contributed by atoms with Crippen LogP contribution in [0.3, 0.4) is 0 Å². The molecule has 10 heteroatoms. The Labute approximate surface area is 149 Å². The third-order valence-corrected chi connectivity index (χ3v) is 4.19.